The number of fused-ring (bicyclic) bond motifs is 1. The Morgan fingerprint density at radius 2 is 2.31 bits per heavy atom. The Kier molecular flexibility index (Phi) is 2.05. The van der Waals surface area contributed by atoms with Gasteiger partial charge in [-0.3, -0.25) is 0 Å². The van der Waals surface area contributed by atoms with Gasteiger partial charge in [0, 0.05) is 6.42 Å². The van der Waals surface area contributed by atoms with Crippen molar-refractivity contribution in [2.45, 2.75) is 26.7 Å². The van der Waals surface area contributed by atoms with E-state index in [1.165, 1.54) is 5.56 Å². The van der Waals surface area contributed by atoms with Crippen LogP contribution in [0.3, 0.4) is 0 Å². The van der Waals surface area contributed by atoms with Crippen LogP contribution in [0.1, 0.15) is 24.7 Å². The third kappa shape index (κ3) is 1.44. The summed E-state index contributed by atoms with van der Waals surface area (Å²) in [5.74, 6) is 1.08. The SMILES string of the molecule is CCCc1nc2c(C)c[c]cc2[nH]1. The molecule has 0 spiro atoms. The molecule has 0 aliphatic rings. The van der Waals surface area contributed by atoms with Crippen LogP contribution < -0.4 is 0 Å². The van der Waals surface area contributed by atoms with Gasteiger partial charge in [0.15, 0.2) is 0 Å². The molecule has 2 aromatic rings. The molecule has 1 radical (unpaired) electrons. The van der Waals surface area contributed by atoms with Crippen molar-refractivity contribution in [2.24, 2.45) is 0 Å². The van der Waals surface area contributed by atoms with Crippen LogP contribution in [0, 0.1) is 13.0 Å². The molecule has 2 rings (SSSR count). The van der Waals surface area contributed by atoms with Gasteiger partial charge >= 0.3 is 0 Å². The normalized spacial score (nSPS) is 10.9. The molecule has 2 nitrogen and oxygen atoms in total. The number of nitrogens with zero attached hydrogens (tertiary/aromatic N) is 1. The Hall–Kier alpha value is -1.31. The van der Waals surface area contributed by atoms with Crippen molar-refractivity contribution in [3.05, 3.63) is 29.6 Å². The molecule has 1 aromatic carbocycles. The average Bonchev–Trinajstić information content (AvgIpc) is 2.49. The number of H-pyrrole nitrogens is 1. The zero-order chi connectivity index (χ0) is 9.26. The minimum atomic E-state index is 1.02. The number of aryl methyl sites for hydroxylation is 2. The molecule has 1 heterocycles. The zero-order valence-corrected chi connectivity index (χ0v) is 8.02. The Morgan fingerprint density at radius 1 is 1.46 bits per heavy atom. The van der Waals surface area contributed by atoms with E-state index in [4.69, 9.17) is 0 Å². The minimum absolute atomic E-state index is 1.02. The molecule has 0 unspecified atom stereocenters. The molecule has 0 bridgehead atoms. The topological polar surface area (TPSA) is 28.7 Å². The molecule has 0 aliphatic carbocycles. The molecule has 13 heavy (non-hydrogen) atoms. The van der Waals surface area contributed by atoms with Gasteiger partial charge in [-0.15, -0.1) is 0 Å². The molecule has 0 fully saturated rings. The first-order valence-electron chi connectivity index (χ1n) is 4.66. The third-order valence-corrected chi connectivity index (χ3v) is 2.17. The Bertz CT molecular complexity index is 415. The largest absolute Gasteiger partial charge is 0.342 e. The van der Waals surface area contributed by atoms with Crippen molar-refractivity contribution < 1.29 is 0 Å². The van der Waals surface area contributed by atoms with E-state index in [0.29, 0.717) is 0 Å². The molecule has 1 aromatic heterocycles. The maximum atomic E-state index is 4.53. The second-order valence-electron chi connectivity index (χ2n) is 3.33. The third-order valence-electron chi connectivity index (χ3n) is 2.17. The summed E-state index contributed by atoms with van der Waals surface area (Å²) >= 11 is 0. The minimum Gasteiger partial charge on any atom is -0.342 e. The molecule has 2 heteroatoms. The Labute approximate surface area is 78.0 Å². The first-order chi connectivity index (χ1) is 6.31. The van der Waals surface area contributed by atoms with Gasteiger partial charge in [-0.2, -0.15) is 0 Å². The lowest BCUT2D eigenvalue weighted by molar-refractivity contribution is 0.861. The van der Waals surface area contributed by atoms with E-state index in [-0.39, 0.29) is 0 Å². The van der Waals surface area contributed by atoms with Gasteiger partial charge in [-0.05, 0) is 37.1 Å². The maximum Gasteiger partial charge on any atom is 0.107 e. The number of aromatic nitrogens is 2. The van der Waals surface area contributed by atoms with Crippen LogP contribution in [-0.4, -0.2) is 9.97 Å². The second kappa shape index (κ2) is 3.21. The summed E-state index contributed by atoms with van der Waals surface area (Å²) in [6.07, 6.45) is 2.15. The highest BCUT2D eigenvalue weighted by molar-refractivity contribution is 5.78. The lowest BCUT2D eigenvalue weighted by Gasteiger charge is -1.89. The van der Waals surface area contributed by atoms with Crippen LogP contribution >= 0.6 is 0 Å². The van der Waals surface area contributed by atoms with Crippen LogP contribution in [0.25, 0.3) is 11.0 Å². The molecule has 0 amide bonds. The van der Waals surface area contributed by atoms with Gasteiger partial charge in [0.05, 0.1) is 11.0 Å². The fraction of sp³-hybridized carbons (Fsp3) is 0.364. The van der Waals surface area contributed by atoms with Crippen molar-refractivity contribution in [2.75, 3.05) is 0 Å². The molecule has 67 valence electrons. The molecule has 1 N–H and O–H groups in total. The van der Waals surface area contributed by atoms with E-state index < -0.39 is 0 Å². The van der Waals surface area contributed by atoms with Gasteiger partial charge in [-0.1, -0.05) is 6.92 Å². The van der Waals surface area contributed by atoms with Crippen molar-refractivity contribution in [3.63, 3.8) is 0 Å². The summed E-state index contributed by atoms with van der Waals surface area (Å²) in [4.78, 5) is 7.82. The summed E-state index contributed by atoms with van der Waals surface area (Å²) in [6, 6.07) is 7.01. The Morgan fingerprint density at radius 3 is 3.00 bits per heavy atom. The lowest BCUT2D eigenvalue weighted by Crippen LogP contribution is -1.84. The number of nitrogens with one attached hydrogen (secondary N) is 1. The van der Waals surface area contributed by atoms with E-state index in [2.05, 4.69) is 29.9 Å². The van der Waals surface area contributed by atoms with Crippen LogP contribution in [0.15, 0.2) is 12.1 Å². The van der Waals surface area contributed by atoms with Gasteiger partial charge in [0.25, 0.3) is 0 Å². The number of hydrogen-bond acceptors (Lipinski definition) is 1. The van der Waals surface area contributed by atoms with Gasteiger partial charge < -0.3 is 4.98 Å². The second-order valence-corrected chi connectivity index (χ2v) is 3.33. The molecular formula is C11H13N2. The first kappa shape index (κ1) is 8.30. The molecular weight excluding hydrogens is 160 g/mol. The van der Waals surface area contributed by atoms with Crippen molar-refractivity contribution in [1.82, 2.24) is 9.97 Å². The fourth-order valence-corrected chi connectivity index (χ4v) is 1.52. The monoisotopic (exact) mass is 173 g/mol. The quantitative estimate of drug-likeness (QED) is 0.743. The molecule has 0 aliphatic heterocycles. The van der Waals surface area contributed by atoms with E-state index in [0.717, 1.165) is 29.7 Å². The highest BCUT2D eigenvalue weighted by Crippen LogP contribution is 2.15. The average molecular weight is 173 g/mol. The number of benzene rings is 1. The van der Waals surface area contributed by atoms with E-state index >= 15 is 0 Å². The smallest absolute Gasteiger partial charge is 0.107 e. The number of rotatable bonds is 2. The fourth-order valence-electron chi connectivity index (χ4n) is 1.52. The summed E-state index contributed by atoms with van der Waals surface area (Å²) in [6.45, 7) is 4.22. The predicted octanol–water partition coefficient (Wildman–Crippen LogP) is 2.62. The van der Waals surface area contributed by atoms with Crippen LogP contribution in [0.5, 0.6) is 0 Å². The molecule has 0 atom stereocenters. The van der Waals surface area contributed by atoms with Crippen molar-refractivity contribution in [1.29, 1.82) is 0 Å². The molecule has 0 saturated heterocycles. The summed E-state index contributed by atoms with van der Waals surface area (Å²) in [7, 11) is 0. The van der Waals surface area contributed by atoms with E-state index in [1.807, 2.05) is 12.1 Å². The van der Waals surface area contributed by atoms with E-state index in [9.17, 15) is 0 Å². The summed E-state index contributed by atoms with van der Waals surface area (Å²) in [5, 5.41) is 0. The van der Waals surface area contributed by atoms with E-state index in [1.54, 1.807) is 0 Å². The molecule has 0 saturated carbocycles. The number of imidazole rings is 1. The number of hydrogen-bond donors (Lipinski definition) is 1. The van der Waals surface area contributed by atoms with Crippen molar-refractivity contribution in [3.8, 4) is 0 Å². The summed E-state index contributed by atoms with van der Waals surface area (Å²) < 4.78 is 0. The standard InChI is InChI=1S/C11H13N2/c1-3-5-10-12-9-7-4-6-8(2)11(9)13-10/h6-7H,3,5H2,1-2H3,(H,12,13). The van der Waals surface area contributed by atoms with Crippen molar-refractivity contribution >= 4 is 11.0 Å². The highest BCUT2D eigenvalue weighted by Gasteiger charge is 2.02. The van der Waals surface area contributed by atoms with Crippen LogP contribution in [-0.2, 0) is 6.42 Å². The Balaban J connectivity index is 2.55. The van der Waals surface area contributed by atoms with Gasteiger partial charge in [0.2, 0.25) is 0 Å². The van der Waals surface area contributed by atoms with Gasteiger partial charge in [0.1, 0.15) is 5.82 Å². The summed E-state index contributed by atoms with van der Waals surface area (Å²) in [5.41, 5.74) is 3.38. The number of aromatic amines is 1. The van der Waals surface area contributed by atoms with Crippen LogP contribution in [0.2, 0.25) is 0 Å². The first-order valence-corrected chi connectivity index (χ1v) is 4.66. The predicted molar refractivity (Wildman–Crippen MR) is 53.7 cm³/mol. The van der Waals surface area contributed by atoms with Gasteiger partial charge in [-0.25, -0.2) is 4.98 Å². The van der Waals surface area contributed by atoms with Crippen LogP contribution in [0.4, 0.5) is 0 Å². The maximum absolute atomic E-state index is 4.53. The highest BCUT2D eigenvalue weighted by atomic mass is 14.9. The lowest BCUT2D eigenvalue weighted by atomic mass is 10.2. The zero-order valence-electron chi connectivity index (χ0n) is 8.02.